The van der Waals surface area contributed by atoms with Gasteiger partial charge >= 0.3 is 12.0 Å². The molecule has 0 radical (unpaired) electrons. The third-order valence-corrected chi connectivity index (χ3v) is 4.17. The van der Waals surface area contributed by atoms with E-state index in [2.05, 4.69) is 13.8 Å². The molecule has 0 aromatic rings. The normalized spacial score (nSPS) is 27.3. The average Bonchev–Trinajstić information content (AvgIpc) is 2.68. The summed E-state index contributed by atoms with van der Waals surface area (Å²) in [4.78, 5) is 27.1. The molecule has 0 saturated carbocycles. The van der Waals surface area contributed by atoms with E-state index in [1.807, 2.05) is 4.90 Å². The van der Waals surface area contributed by atoms with E-state index in [9.17, 15) is 9.59 Å². The number of rotatable bonds is 1. The highest BCUT2D eigenvalue weighted by Crippen LogP contribution is 2.30. The lowest BCUT2D eigenvalue weighted by Crippen LogP contribution is -2.53. The molecule has 2 rings (SSSR count). The van der Waals surface area contributed by atoms with Crippen LogP contribution in [0.5, 0.6) is 0 Å². The SMILES string of the molecule is CC1(C)CCCN1C(=O)N1CCC[C@H](C(=O)O)C1. The van der Waals surface area contributed by atoms with Crippen LogP contribution in [0.2, 0.25) is 0 Å². The van der Waals surface area contributed by atoms with Crippen LogP contribution in [0.25, 0.3) is 0 Å². The smallest absolute Gasteiger partial charge is 0.320 e. The van der Waals surface area contributed by atoms with Crippen molar-refractivity contribution in [3.05, 3.63) is 0 Å². The first-order chi connectivity index (χ1) is 8.42. The number of urea groups is 1. The number of hydrogen-bond acceptors (Lipinski definition) is 2. The molecule has 2 saturated heterocycles. The molecule has 0 aliphatic carbocycles. The molecule has 0 aromatic carbocycles. The van der Waals surface area contributed by atoms with Gasteiger partial charge in [-0.2, -0.15) is 0 Å². The number of amides is 2. The van der Waals surface area contributed by atoms with E-state index in [0.29, 0.717) is 19.5 Å². The largest absolute Gasteiger partial charge is 0.481 e. The van der Waals surface area contributed by atoms with E-state index in [-0.39, 0.29) is 11.6 Å². The van der Waals surface area contributed by atoms with Crippen LogP contribution in [0.3, 0.4) is 0 Å². The van der Waals surface area contributed by atoms with Gasteiger partial charge in [0.1, 0.15) is 0 Å². The minimum atomic E-state index is -0.784. The van der Waals surface area contributed by atoms with E-state index in [4.69, 9.17) is 5.11 Å². The zero-order valence-electron chi connectivity index (χ0n) is 11.2. The van der Waals surface area contributed by atoms with Crippen molar-refractivity contribution in [3.8, 4) is 0 Å². The minimum Gasteiger partial charge on any atom is -0.481 e. The molecule has 0 aromatic heterocycles. The first kappa shape index (κ1) is 13.2. The number of aliphatic carboxylic acids is 1. The molecule has 1 atom stereocenters. The van der Waals surface area contributed by atoms with E-state index < -0.39 is 11.9 Å². The number of nitrogens with zero attached hydrogens (tertiary/aromatic N) is 2. The quantitative estimate of drug-likeness (QED) is 0.776. The molecule has 2 fully saturated rings. The summed E-state index contributed by atoms with van der Waals surface area (Å²) in [5, 5.41) is 9.05. The second-order valence-corrected chi connectivity index (χ2v) is 5.97. The van der Waals surface area contributed by atoms with Gasteiger partial charge in [0.05, 0.1) is 5.92 Å². The predicted octanol–water partition coefficient (Wildman–Crippen LogP) is 1.78. The Labute approximate surface area is 108 Å². The molecule has 0 bridgehead atoms. The summed E-state index contributed by atoms with van der Waals surface area (Å²) in [7, 11) is 0. The lowest BCUT2D eigenvalue weighted by atomic mass is 9.98. The zero-order valence-corrected chi connectivity index (χ0v) is 11.2. The fourth-order valence-corrected chi connectivity index (χ4v) is 2.99. The maximum Gasteiger partial charge on any atom is 0.320 e. The van der Waals surface area contributed by atoms with Gasteiger partial charge in [0, 0.05) is 25.2 Å². The van der Waals surface area contributed by atoms with Crippen LogP contribution in [0.4, 0.5) is 4.79 Å². The molecule has 18 heavy (non-hydrogen) atoms. The van der Waals surface area contributed by atoms with Gasteiger partial charge in [-0.05, 0) is 39.5 Å². The molecule has 0 unspecified atom stereocenters. The van der Waals surface area contributed by atoms with Crippen molar-refractivity contribution >= 4 is 12.0 Å². The Morgan fingerprint density at radius 2 is 1.94 bits per heavy atom. The topological polar surface area (TPSA) is 60.9 Å². The summed E-state index contributed by atoms with van der Waals surface area (Å²) in [5.74, 6) is -1.18. The molecular formula is C13H22N2O3. The average molecular weight is 254 g/mol. The van der Waals surface area contributed by atoms with Crippen LogP contribution in [0.15, 0.2) is 0 Å². The Morgan fingerprint density at radius 3 is 2.50 bits per heavy atom. The minimum absolute atomic E-state index is 0.0171. The van der Waals surface area contributed by atoms with Gasteiger partial charge in [0.15, 0.2) is 0 Å². The van der Waals surface area contributed by atoms with E-state index in [1.165, 1.54) is 0 Å². The maximum atomic E-state index is 12.4. The van der Waals surface area contributed by atoms with Crippen molar-refractivity contribution in [2.75, 3.05) is 19.6 Å². The summed E-state index contributed by atoms with van der Waals surface area (Å²) < 4.78 is 0. The van der Waals surface area contributed by atoms with E-state index >= 15 is 0 Å². The van der Waals surface area contributed by atoms with E-state index in [1.54, 1.807) is 4.90 Å². The molecule has 5 nitrogen and oxygen atoms in total. The molecule has 2 amide bonds. The lowest BCUT2D eigenvalue weighted by Gasteiger charge is -2.39. The van der Waals surface area contributed by atoms with Crippen molar-refractivity contribution in [3.63, 3.8) is 0 Å². The van der Waals surface area contributed by atoms with Crippen molar-refractivity contribution in [2.45, 2.75) is 45.1 Å². The van der Waals surface area contributed by atoms with Crippen molar-refractivity contribution in [1.82, 2.24) is 9.80 Å². The standard InChI is InChI=1S/C13H22N2O3/c1-13(2)6-4-8-15(13)12(18)14-7-3-5-10(9-14)11(16)17/h10H,3-9H2,1-2H3,(H,16,17)/t10-/m0/s1. The third-order valence-electron chi connectivity index (χ3n) is 4.17. The number of carboxylic acid groups (broad SMARTS) is 1. The summed E-state index contributed by atoms with van der Waals surface area (Å²) >= 11 is 0. The predicted molar refractivity (Wildman–Crippen MR) is 67.3 cm³/mol. The number of piperidine rings is 1. The highest BCUT2D eigenvalue weighted by Gasteiger charge is 2.39. The molecule has 2 heterocycles. The summed E-state index contributed by atoms with van der Waals surface area (Å²) in [5.41, 5.74) is -0.0900. The molecule has 0 spiro atoms. The first-order valence-electron chi connectivity index (χ1n) is 6.71. The number of carboxylic acids is 1. The highest BCUT2D eigenvalue weighted by atomic mass is 16.4. The van der Waals surface area contributed by atoms with Gasteiger partial charge in [0.25, 0.3) is 0 Å². The Hall–Kier alpha value is -1.26. The van der Waals surface area contributed by atoms with Crippen molar-refractivity contribution in [2.24, 2.45) is 5.92 Å². The van der Waals surface area contributed by atoms with E-state index in [0.717, 1.165) is 25.8 Å². The lowest BCUT2D eigenvalue weighted by molar-refractivity contribution is -0.143. The van der Waals surface area contributed by atoms with Gasteiger partial charge in [-0.25, -0.2) is 4.79 Å². The Kier molecular flexibility index (Phi) is 3.50. The maximum absolute atomic E-state index is 12.4. The van der Waals surface area contributed by atoms with Crippen LogP contribution in [-0.2, 0) is 4.79 Å². The van der Waals surface area contributed by atoms with Crippen LogP contribution >= 0.6 is 0 Å². The molecule has 5 heteroatoms. The van der Waals surface area contributed by atoms with Gasteiger partial charge in [0.2, 0.25) is 0 Å². The fourth-order valence-electron chi connectivity index (χ4n) is 2.99. The summed E-state index contributed by atoms with van der Waals surface area (Å²) in [6.07, 6.45) is 3.53. The monoisotopic (exact) mass is 254 g/mol. The Morgan fingerprint density at radius 1 is 1.22 bits per heavy atom. The number of hydrogen-bond donors (Lipinski definition) is 1. The number of carbonyl (C=O) groups is 2. The van der Waals surface area contributed by atoms with Gasteiger partial charge < -0.3 is 14.9 Å². The third kappa shape index (κ3) is 2.44. The molecule has 102 valence electrons. The first-order valence-corrected chi connectivity index (χ1v) is 6.71. The fraction of sp³-hybridized carbons (Fsp3) is 0.846. The Balaban J connectivity index is 2.03. The zero-order chi connectivity index (χ0) is 13.3. The molecule has 2 aliphatic rings. The van der Waals surface area contributed by atoms with Crippen LogP contribution in [-0.4, -0.2) is 52.1 Å². The van der Waals surface area contributed by atoms with Crippen molar-refractivity contribution in [1.29, 1.82) is 0 Å². The van der Waals surface area contributed by atoms with Gasteiger partial charge in [-0.15, -0.1) is 0 Å². The van der Waals surface area contributed by atoms with Gasteiger partial charge in [-0.1, -0.05) is 0 Å². The molecule has 2 aliphatic heterocycles. The second kappa shape index (κ2) is 4.78. The molecule has 1 N–H and O–H groups in total. The van der Waals surface area contributed by atoms with Crippen molar-refractivity contribution < 1.29 is 14.7 Å². The Bertz CT molecular complexity index is 354. The molecular weight excluding hydrogens is 232 g/mol. The van der Waals surface area contributed by atoms with Gasteiger partial charge in [-0.3, -0.25) is 4.79 Å². The second-order valence-electron chi connectivity index (χ2n) is 5.97. The van der Waals surface area contributed by atoms with Crippen LogP contribution in [0, 0.1) is 5.92 Å². The van der Waals surface area contributed by atoms with Crippen LogP contribution in [0.1, 0.15) is 39.5 Å². The summed E-state index contributed by atoms with van der Waals surface area (Å²) in [6, 6.07) is 0.0171. The summed E-state index contributed by atoms with van der Waals surface area (Å²) in [6.45, 7) is 6.00. The van der Waals surface area contributed by atoms with Crippen LogP contribution < -0.4 is 0 Å². The highest BCUT2D eigenvalue weighted by molar-refractivity contribution is 5.77. The number of carbonyl (C=O) groups excluding carboxylic acids is 1. The number of likely N-dealkylation sites (tertiary alicyclic amines) is 2.